The number of nitrogen functional groups attached to an aromatic ring is 2. The molecule has 4 N–H and O–H groups in total. The van der Waals surface area contributed by atoms with Gasteiger partial charge in [-0.05, 0) is 0 Å². The predicted octanol–water partition coefficient (Wildman–Crippen LogP) is 0.0231. The molecule has 2 nitrogen and oxygen atoms in total. The first kappa shape index (κ1) is 6.68. The minimum atomic E-state index is 0.644. The molecule has 0 aliphatic carbocycles. The van der Waals surface area contributed by atoms with Crippen molar-refractivity contribution in [3.63, 3.8) is 0 Å². The summed E-state index contributed by atoms with van der Waals surface area (Å²) < 4.78 is 1.08. The average Bonchev–Trinajstić information content (AvgIpc) is 1.80. The van der Waals surface area contributed by atoms with Gasteiger partial charge in [-0.1, -0.05) is 0 Å². The molecule has 0 amide bonds. The second-order valence-corrected chi connectivity index (χ2v) is 2.98. The topological polar surface area (TPSA) is 52.0 Å². The predicted molar refractivity (Wildman–Crippen MR) is 34.9 cm³/mol. The van der Waals surface area contributed by atoms with Gasteiger partial charge in [-0.25, -0.2) is 0 Å². The monoisotopic (exact) mass is 304 g/mol. The summed E-state index contributed by atoms with van der Waals surface area (Å²) in [6.07, 6.45) is 0. The van der Waals surface area contributed by atoms with E-state index in [-0.39, 0.29) is 0 Å². The molecule has 0 aromatic heterocycles. The summed E-state index contributed by atoms with van der Waals surface area (Å²) in [5, 5.41) is 0. The van der Waals surface area contributed by atoms with E-state index in [2.05, 4.69) is 21.1 Å². The summed E-state index contributed by atoms with van der Waals surface area (Å²) in [5.41, 5.74) is 12.2. The fraction of sp³-hybridized carbons (Fsp3) is 0. The molecule has 9 heavy (non-hydrogen) atoms. The zero-order chi connectivity index (χ0) is 6.85. The Morgan fingerprint density at radius 1 is 1.11 bits per heavy atom. The Hall–Kier alpha value is -0.440. The molecule has 0 spiro atoms. The summed E-state index contributed by atoms with van der Waals surface area (Å²) in [6, 6.07) is 5.54. The molecule has 3 heteroatoms. The van der Waals surface area contributed by atoms with Crippen LogP contribution >= 0.6 is 0 Å². The van der Waals surface area contributed by atoms with Gasteiger partial charge in [0.25, 0.3) is 0 Å². The Kier molecular flexibility index (Phi) is 1.81. The molecular weight excluding hydrogens is 297 g/mol. The number of hydrogen-bond acceptors (Lipinski definition) is 2. The summed E-state index contributed by atoms with van der Waals surface area (Å²) in [5.74, 6) is 0. The van der Waals surface area contributed by atoms with Crippen LogP contribution in [0, 0.1) is 0 Å². The quantitative estimate of drug-likeness (QED) is 0.525. The number of rotatable bonds is 0. The fourth-order valence-corrected chi connectivity index (χ4v) is 1.04. The van der Waals surface area contributed by atoms with Crippen LogP contribution < -0.4 is 15.2 Å². The van der Waals surface area contributed by atoms with Crippen LogP contribution in [0.25, 0.3) is 0 Å². The molecule has 0 fully saturated rings. The van der Waals surface area contributed by atoms with Crippen LogP contribution in [0.3, 0.4) is 0 Å². The van der Waals surface area contributed by atoms with Crippen LogP contribution in [-0.2, 0) is 21.1 Å². The van der Waals surface area contributed by atoms with Gasteiger partial charge in [0.2, 0.25) is 0 Å². The van der Waals surface area contributed by atoms with E-state index in [1.807, 2.05) is 12.1 Å². The van der Waals surface area contributed by atoms with E-state index in [4.69, 9.17) is 11.5 Å². The van der Waals surface area contributed by atoms with Gasteiger partial charge in [-0.3, -0.25) is 0 Å². The maximum absolute atomic E-state index is 5.49. The maximum atomic E-state index is 5.49. The SMILES string of the molecule is Nc1cc[c]([Au])cc1N. The van der Waals surface area contributed by atoms with Gasteiger partial charge in [0, 0.05) is 0 Å². The average molecular weight is 304 g/mol. The molecule has 1 aromatic rings. The number of benzene rings is 1. The van der Waals surface area contributed by atoms with Gasteiger partial charge in [0.1, 0.15) is 0 Å². The van der Waals surface area contributed by atoms with Crippen molar-refractivity contribution in [3.8, 4) is 0 Å². The molecular formula is C6H7AuN2. The standard InChI is InChI=1S/C6H7N2.Au/c7-5-3-1-2-4-6(5)8;/h1,3-4H,7-8H2;. The Labute approximate surface area is 66.1 Å². The third-order valence-electron chi connectivity index (χ3n) is 1.03. The molecule has 0 bridgehead atoms. The molecule has 0 saturated carbocycles. The molecule has 1 aromatic carbocycles. The van der Waals surface area contributed by atoms with Crippen molar-refractivity contribution in [1.29, 1.82) is 0 Å². The molecule has 0 atom stereocenters. The fourth-order valence-electron chi connectivity index (χ4n) is 0.527. The second-order valence-electron chi connectivity index (χ2n) is 1.73. The van der Waals surface area contributed by atoms with E-state index in [0.717, 1.165) is 3.78 Å². The van der Waals surface area contributed by atoms with Gasteiger partial charge in [-0.15, -0.1) is 0 Å². The van der Waals surface area contributed by atoms with E-state index in [9.17, 15) is 0 Å². The Balaban J connectivity index is 3.17. The van der Waals surface area contributed by atoms with Crippen LogP contribution in [0.1, 0.15) is 0 Å². The van der Waals surface area contributed by atoms with Crippen molar-refractivity contribution < 1.29 is 21.1 Å². The third-order valence-corrected chi connectivity index (χ3v) is 1.70. The normalized spacial score (nSPS) is 9.56. The van der Waals surface area contributed by atoms with Gasteiger partial charge < -0.3 is 0 Å². The van der Waals surface area contributed by atoms with Crippen molar-refractivity contribution in [2.45, 2.75) is 0 Å². The van der Waals surface area contributed by atoms with E-state index in [1.165, 1.54) is 0 Å². The van der Waals surface area contributed by atoms with Crippen molar-refractivity contribution in [2.24, 2.45) is 0 Å². The van der Waals surface area contributed by atoms with Crippen molar-refractivity contribution in [2.75, 3.05) is 11.5 Å². The molecule has 0 unspecified atom stereocenters. The Morgan fingerprint density at radius 3 is 2.22 bits per heavy atom. The van der Waals surface area contributed by atoms with Crippen LogP contribution in [0.4, 0.5) is 11.4 Å². The van der Waals surface area contributed by atoms with Gasteiger partial charge >= 0.3 is 65.9 Å². The molecule has 52 valence electrons. The summed E-state index contributed by atoms with van der Waals surface area (Å²) >= 11 is 2.36. The minimum absolute atomic E-state index is 0.644. The van der Waals surface area contributed by atoms with E-state index < -0.39 is 0 Å². The molecule has 0 aliphatic heterocycles. The van der Waals surface area contributed by atoms with Crippen molar-refractivity contribution in [1.82, 2.24) is 0 Å². The number of nitrogens with two attached hydrogens (primary N) is 2. The van der Waals surface area contributed by atoms with Crippen molar-refractivity contribution >= 4 is 15.2 Å². The molecule has 0 saturated heterocycles. The van der Waals surface area contributed by atoms with Gasteiger partial charge in [-0.2, -0.15) is 0 Å². The number of anilines is 2. The van der Waals surface area contributed by atoms with E-state index in [0.29, 0.717) is 11.4 Å². The van der Waals surface area contributed by atoms with Crippen molar-refractivity contribution in [3.05, 3.63) is 18.2 Å². The van der Waals surface area contributed by atoms with E-state index in [1.54, 1.807) is 6.07 Å². The van der Waals surface area contributed by atoms with Gasteiger partial charge in [0.15, 0.2) is 0 Å². The first-order valence-corrected chi connectivity index (χ1v) is 3.55. The van der Waals surface area contributed by atoms with Crippen LogP contribution in [-0.4, -0.2) is 0 Å². The van der Waals surface area contributed by atoms with Crippen LogP contribution in [0.2, 0.25) is 0 Å². The van der Waals surface area contributed by atoms with Gasteiger partial charge in [0.05, 0.1) is 0 Å². The first-order chi connectivity index (χ1) is 4.20. The van der Waals surface area contributed by atoms with E-state index >= 15 is 0 Å². The first-order valence-electron chi connectivity index (χ1n) is 2.47. The Morgan fingerprint density at radius 2 is 1.78 bits per heavy atom. The molecule has 0 aliphatic rings. The zero-order valence-corrected chi connectivity index (χ0v) is 6.85. The third kappa shape index (κ3) is 1.48. The summed E-state index contributed by atoms with van der Waals surface area (Å²) in [6.45, 7) is 0. The Bertz CT molecular complexity index is 222. The number of hydrogen-bond donors (Lipinski definition) is 2. The molecule has 1 rings (SSSR count). The van der Waals surface area contributed by atoms with Crippen LogP contribution in [0.5, 0.6) is 0 Å². The van der Waals surface area contributed by atoms with Crippen LogP contribution in [0.15, 0.2) is 18.2 Å². The second kappa shape index (κ2) is 2.43. The summed E-state index contributed by atoms with van der Waals surface area (Å²) in [7, 11) is 0. The molecule has 0 radical (unpaired) electrons. The zero-order valence-electron chi connectivity index (χ0n) is 4.69. The molecule has 0 heterocycles. The summed E-state index contributed by atoms with van der Waals surface area (Å²) in [4.78, 5) is 0.